The SMILES string of the molecule is COc1ccc2c(c1)CCc1ccccc1C2=C1CCN(CC(C)(C)C(=O)O)CC1. The Morgan fingerprint density at radius 3 is 2.37 bits per heavy atom. The molecule has 158 valence electrons. The summed E-state index contributed by atoms with van der Waals surface area (Å²) in [5.74, 6) is 0.182. The van der Waals surface area contributed by atoms with Crippen molar-refractivity contribution in [3.8, 4) is 5.75 Å². The number of likely N-dealkylation sites (tertiary alicyclic amines) is 1. The number of piperidine rings is 1. The van der Waals surface area contributed by atoms with E-state index in [2.05, 4.69) is 47.4 Å². The summed E-state index contributed by atoms with van der Waals surface area (Å²) < 4.78 is 5.49. The van der Waals surface area contributed by atoms with E-state index in [1.54, 1.807) is 7.11 Å². The molecule has 2 aromatic rings. The topological polar surface area (TPSA) is 49.8 Å². The standard InChI is InChI=1S/C26H31NO3/c1-26(2,25(28)29)17-27-14-12-19(13-15-27)24-22-7-5-4-6-18(22)8-9-20-16-21(30-3)10-11-23(20)24/h4-7,10-11,16H,8-9,12-15,17H2,1-3H3,(H,28,29). The smallest absolute Gasteiger partial charge is 0.310 e. The second-order valence-corrected chi connectivity index (χ2v) is 9.12. The summed E-state index contributed by atoms with van der Waals surface area (Å²) in [6.07, 6.45) is 4.00. The van der Waals surface area contributed by atoms with Gasteiger partial charge in [-0.1, -0.05) is 35.9 Å². The number of hydrogen-bond acceptors (Lipinski definition) is 3. The first kappa shape index (κ1) is 20.7. The number of rotatable bonds is 4. The van der Waals surface area contributed by atoms with Gasteiger partial charge in [-0.15, -0.1) is 0 Å². The second kappa shape index (κ2) is 8.27. The average molecular weight is 406 g/mol. The third kappa shape index (κ3) is 4.01. The van der Waals surface area contributed by atoms with Gasteiger partial charge in [0.2, 0.25) is 0 Å². The lowest BCUT2D eigenvalue weighted by Gasteiger charge is -2.34. The molecule has 0 atom stereocenters. The Morgan fingerprint density at radius 2 is 1.67 bits per heavy atom. The molecule has 30 heavy (non-hydrogen) atoms. The zero-order valence-electron chi connectivity index (χ0n) is 18.2. The van der Waals surface area contributed by atoms with Crippen LogP contribution in [0.15, 0.2) is 48.0 Å². The monoisotopic (exact) mass is 405 g/mol. The normalized spacial score (nSPS) is 17.2. The number of ether oxygens (including phenoxy) is 1. The maximum Gasteiger partial charge on any atom is 0.310 e. The van der Waals surface area contributed by atoms with Gasteiger partial charge in [0.25, 0.3) is 0 Å². The van der Waals surface area contributed by atoms with E-state index in [0.29, 0.717) is 6.54 Å². The lowest BCUT2D eigenvalue weighted by Crippen LogP contribution is -2.42. The van der Waals surface area contributed by atoms with Crippen molar-refractivity contribution in [2.75, 3.05) is 26.7 Å². The van der Waals surface area contributed by atoms with Gasteiger partial charge in [-0.3, -0.25) is 4.79 Å². The molecule has 1 fully saturated rings. The maximum absolute atomic E-state index is 11.5. The second-order valence-electron chi connectivity index (χ2n) is 9.12. The van der Waals surface area contributed by atoms with Gasteiger partial charge < -0.3 is 14.7 Å². The first-order valence-electron chi connectivity index (χ1n) is 10.8. The Kier molecular flexibility index (Phi) is 5.70. The molecular weight excluding hydrogens is 374 g/mol. The van der Waals surface area contributed by atoms with Crippen molar-refractivity contribution in [2.45, 2.75) is 39.5 Å². The molecular formula is C26H31NO3. The van der Waals surface area contributed by atoms with Crippen LogP contribution in [-0.2, 0) is 17.6 Å². The highest BCUT2D eigenvalue weighted by atomic mass is 16.5. The molecule has 1 aliphatic carbocycles. The van der Waals surface area contributed by atoms with Crippen LogP contribution in [-0.4, -0.2) is 42.7 Å². The number of nitrogens with zero attached hydrogens (tertiary/aromatic N) is 1. The molecule has 4 rings (SSSR count). The van der Waals surface area contributed by atoms with E-state index in [1.807, 2.05) is 13.8 Å². The maximum atomic E-state index is 11.5. The first-order valence-corrected chi connectivity index (χ1v) is 10.8. The number of carboxylic acid groups (broad SMARTS) is 1. The van der Waals surface area contributed by atoms with Crippen LogP contribution < -0.4 is 4.74 Å². The van der Waals surface area contributed by atoms with Crippen LogP contribution in [0.25, 0.3) is 5.57 Å². The molecule has 2 aliphatic rings. The summed E-state index contributed by atoms with van der Waals surface area (Å²) >= 11 is 0. The Bertz CT molecular complexity index is 980. The Morgan fingerprint density at radius 1 is 1.00 bits per heavy atom. The fraction of sp³-hybridized carbons (Fsp3) is 0.423. The number of aliphatic carboxylic acids is 1. The minimum absolute atomic E-state index is 0.593. The zero-order chi connectivity index (χ0) is 21.3. The molecule has 0 radical (unpaired) electrons. The summed E-state index contributed by atoms with van der Waals surface area (Å²) in [6, 6.07) is 15.3. The largest absolute Gasteiger partial charge is 0.497 e. The van der Waals surface area contributed by atoms with Crippen LogP contribution in [0, 0.1) is 5.41 Å². The minimum atomic E-state index is -0.729. The molecule has 1 saturated heterocycles. The van der Waals surface area contributed by atoms with E-state index in [9.17, 15) is 9.90 Å². The predicted octanol–water partition coefficient (Wildman–Crippen LogP) is 4.80. The van der Waals surface area contributed by atoms with Gasteiger partial charge >= 0.3 is 5.97 Å². The lowest BCUT2D eigenvalue weighted by atomic mass is 9.85. The van der Waals surface area contributed by atoms with Gasteiger partial charge in [0.15, 0.2) is 0 Å². The van der Waals surface area contributed by atoms with E-state index in [-0.39, 0.29) is 0 Å². The average Bonchev–Trinajstić information content (AvgIpc) is 2.90. The van der Waals surface area contributed by atoms with Gasteiger partial charge in [0, 0.05) is 19.6 Å². The van der Waals surface area contributed by atoms with Gasteiger partial charge in [-0.25, -0.2) is 0 Å². The Balaban J connectivity index is 1.70. The molecule has 1 heterocycles. The number of aryl methyl sites for hydroxylation is 2. The highest BCUT2D eigenvalue weighted by Crippen LogP contribution is 2.39. The number of carboxylic acids is 1. The van der Waals surface area contributed by atoms with Gasteiger partial charge in [-0.2, -0.15) is 0 Å². The van der Waals surface area contributed by atoms with E-state index in [1.165, 1.54) is 33.4 Å². The van der Waals surface area contributed by atoms with Crippen LogP contribution in [0.5, 0.6) is 5.75 Å². The fourth-order valence-corrected chi connectivity index (χ4v) is 4.78. The van der Waals surface area contributed by atoms with E-state index < -0.39 is 11.4 Å². The minimum Gasteiger partial charge on any atom is -0.497 e. The molecule has 4 heteroatoms. The first-order chi connectivity index (χ1) is 14.4. The van der Waals surface area contributed by atoms with Crippen molar-refractivity contribution in [1.82, 2.24) is 4.90 Å². The molecule has 0 unspecified atom stereocenters. The van der Waals surface area contributed by atoms with Crippen molar-refractivity contribution in [1.29, 1.82) is 0 Å². The van der Waals surface area contributed by atoms with E-state index >= 15 is 0 Å². The predicted molar refractivity (Wildman–Crippen MR) is 120 cm³/mol. The number of fused-ring (bicyclic) bond motifs is 2. The van der Waals surface area contributed by atoms with Crippen molar-refractivity contribution >= 4 is 11.5 Å². The van der Waals surface area contributed by atoms with Gasteiger partial charge in [-0.05, 0) is 79.5 Å². The number of hydrogen-bond donors (Lipinski definition) is 1. The third-order valence-corrected chi connectivity index (χ3v) is 6.54. The quantitative estimate of drug-likeness (QED) is 0.794. The van der Waals surface area contributed by atoms with Crippen LogP contribution in [0.1, 0.15) is 48.9 Å². The Hall–Kier alpha value is -2.59. The van der Waals surface area contributed by atoms with Crippen molar-refractivity contribution in [3.63, 3.8) is 0 Å². The number of carbonyl (C=O) groups is 1. The van der Waals surface area contributed by atoms with Gasteiger partial charge in [0.05, 0.1) is 12.5 Å². The van der Waals surface area contributed by atoms with Gasteiger partial charge in [0.1, 0.15) is 5.75 Å². The Labute approximate surface area is 179 Å². The van der Waals surface area contributed by atoms with Crippen LogP contribution >= 0.6 is 0 Å². The highest BCUT2D eigenvalue weighted by Gasteiger charge is 2.31. The molecule has 0 aromatic heterocycles. The summed E-state index contributed by atoms with van der Waals surface area (Å²) in [5.41, 5.74) is 7.60. The third-order valence-electron chi connectivity index (χ3n) is 6.54. The fourth-order valence-electron chi connectivity index (χ4n) is 4.78. The number of benzene rings is 2. The van der Waals surface area contributed by atoms with E-state index in [4.69, 9.17) is 4.74 Å². The molecule has 1 N–H and O–H groups in total. The van der Waals surface area contributed by atoms with E-state index in [0.717, 1.165) is 44.5 Å². The summed E-state index contributed by atoms with van der Waals surface area (Å²) in [7, 11) is 1.72. The van der Waals surface area contributed by atoms with Crippen LogP contribution in [0.3, 0.4) is 0 Å². The van der Waals surface area contributed by atoms with Crippen LogP contribution in [0.2, 0.25) is 0 Å². The van der Waals surface area contributed by atoms with Crippen molar-refractivity contribution in [3.05, 3.63) is 70.3 Å². The number of methoxy groups -OCH3 is 1. The molecule has 0 bridgehead atoms. The molecule has 0 amide bonds. The van der Waals surface area contributed by atoms with Crippen molar-refractivity contribution in [2.24, 2.45) is 5.41 Å². The molecule has 1 aliphatic heterocycles. The molecule has 2 aromatic carbocycles. The molecule has 0 spiro atoms. The molecule has 4 nitrogen and oxygen atoms in total. The lowest BCUT2D eigenvalue weighted by molar-refractivity contribution is -0.148. The summed E-state index contributed by atoms with van der Waals surface area (Å²) in [5, 5.41) is 9.47. The zero-order valence-corrected chi connectivity index (χ0v) is 18.2. The van der Waals surface area contributed by atoms with Crippen molar-refractivity contribution < 1.29 is 14.6 Å². The van der Waals surface area contributed by atoms with Crippen LogP contribution in [0.4, 0.5) is 0 Å². The molecule has 0 saturated carbocycles. The summed E-state index contributed by atoms with van der Waals surface area (Å²) in [6.45, 7) is 6.03. The highest BCUT2D eigenvalue weighted by molar-refractivity contribution is 5.86. The summed E-state index contributed by atoms with van der Waals surface area (Å²) in [4.78, 5) is 13.8.